The van der Waals surface area contributed by atoms with Gasteiger partial charge in [0.25, 0.3) is 0 Å². The normalized spacial score (nSPS) is 20.0. The van der Waals surface area contributed by atoms with Crippen LogP contribution in [0.3, 0.4) is 0 Å². The molecule has 0 radical (unpaired) electrons. The summed E-state index contributed by atoms with van der Waals surface area (Å²) in [5, 5.41) is 3.39. The second-order valence-electron chi connectivity index (χ2n) is 5.06. The Bertz CT molecular complexity index is 274. The van der Waals surface area contributed by atoms with Crippen LogP contribution in [0.2, 0.25) is 0 Å². The molecule has 17 heavy (non-hydrogen) atoms. The number of hydrogen-bond donors (Lipinski definition) is 1. The Balaban J connectivity index is 2.47. The van der Waals surface area contributed by atoms with Gasteiger partial charge >= 0.3 is 0 Å². The molecule has 1 aliphatic heterocycles. The minimum atomic E-state index is 0.198. The van der Waals surface area contributed by atoms with Gasteiger partial charge in [0.2, 0.25) is 5.91 Å². The fraction of sp³-hybridized carbons (Fsp3) is 0.786. The maximum Gasteiger partial charge on any atom is 0.223 e. The number of terminal acetylenes is 1. The Kier molecular flexibility index (Phi) is 6.07. The Morgan fingerprint density at radius 1 is 1.59 bits per heavy atom. The number of nitrogens with one attached hydrogen (secondary N) is 1. The molecule has 96 valence electrons. The molecule has 1 atom stereocenters. The summed E-state index contributed by atoms with van der Waals surface area (Å²) in [6.45, 7) is 7.16. The van der Waals surface area contributed by atoms with E-state index in [0.717, 1.165) is 19.6 Å². The first-order chi connectivity index (χ1) is 8.15. The molecule has 0 aromatic heterocycles. The van der Waals surface area contributed by atoms with Crippen LogP contribution in [-0.2, 0) is 4.79 Å². The lowest BCUT2D eigenvalue weighted by Gasteiger charge is -2.33. The van der Waals surface area contributed by atoms with E-state index in [4.69, 9.17) is 6.42 Å². The number of hydrogen-bond acceptors (Lipinski definition) is 2. The molecule has 0 aromatic rings. The van der Waals surface area contributed by atoms with Crippen molar-refractivity contribution in [1.82, 2.24) is 10.2 Å². The highest BCUT2D eigenvalue weighted by molar-refractivity contribution is 5.76. The van der Waals surface area contributed by atoms with Crippen molar-refractivity contribution in [3.8, 4) is 12.3 Å². The summed E-state index contributed by atoms with van der Waals surface area (Å²) in [7, 11) is 0. The van der Waals surface area contributed by atoms with Crippen molar-refractivity contribution < 1.29 is 4.79 Å². The van der Waals surface area contributed by atoms with Gasteiger partial charge in [0.1, 0.15) is 0 Å². The summed E-state index contributed by atoms with van der Waals surface area (Å²) in [5.41, 5.74) is 0. The fourth-order valence-electron chi connectivity index (χ4n) is 2.28. The largest absolute Gasteiger partial charge is 0.340 e. The quantitative estimate of drug-likeness (QED) is 0.736. The van der Waals surface area contributed by atoms with E-state index in [1.54, 1.807) is 0 Å². The van der Waals surface area contributed by atoms with Gasteiger partial charge in [-0.05, 0) is 45.7 Å². The van der Waals surface area contributed by atoms with E-state index in [1.807, 2.05) is 4.90 Å². The average Bonchev–Trinajstić information content (AvgIpc) is 2.34. The van der Waals surface area contributed by atoms with Gasteiger partial charge in [0.05, 0.1) is 0 Å². The zero-order valence-electron chi connectivity index (χ0n) is 11.0. The first kappa shape index (κ1) is 14.1. The zero-order chi connectivity index (χ0) is 12.7. The second-order valence-corrected chi connectivity index (χ2v) is 5.06. The summed E-state index contributed by atoms with van der Waals surface area (Å²) >= 11 is 0. The van der Waals surface area contributed by atoms with Crippen LogP contribution in [0.1, 0.15) is 39.5 Å². The predicted octanol–water partition coefficient (Wildman–Crippen LogP) is 1.64. The highest BCUT2D eigenvalue weighted by atomic mass is 16.2. The molecule has 1 fully saturated rings. The van der Waals surface area contributed by atoms with Crippen molar-refractivity contribution in [1.29, 1.82) is 0 Å². The number of amides is 1. The van der Waals surface area contributed by atoms with E-state index in [2.05, 4.69) is 25.1 Å². The standard InChI is InChI=1S/C14H24N2O/c1-4-5-8-14(17)16(12(2)3)11-13-7-6-9-15-10-13/h1,12-13,15H,5-11H2,2-3H3. The van der Waals surface area contributed by atoms with Gasteiger partial charge in [-0.3, -0.25) is 4.79 Å². The van der Waals surface area contributed by atoms with Crippen LogP contribution in [0.15, 0.2) is 0 Å². The van der Waals surface area contributed by atoms with Crippen LogP contribution in [0, 0.1) is 18.3 Å². The number of carbonyl (C=O) groups excluding carboxylic acids is 1. The third kappa shape index (κ3) is 4.79. The smallest absolute Gasteiger partial charge is 0.223 e. The van der Waals surface area contributed by atoms with Crippen molar-refractivity contribution >= 4 is 5.91 Å². The summed E-state index contributed by atoms with van der Waals surface area (Å²) in [6, 6.07) is 0.266. The topological polar surface area (TPSA) is 32.3 Å². The molecule has 1 N–H and O–H groups in total. The van der Waals surface area contributed by atoms with Crippen LogP contribution in [0.4, 0.5) is 0 Å². The van der Waals surface area contributed by atoms with Crippen molar-refractivity contribution in [2.24, 2.45) is 5.92 Å². The van der Waals surface area contributed by atoms with Crippen LogP contribution >= 0.6 is 0 Å². The van der Waals surface area contributed by atoms with Gasteiger partial charge in [-0.15, -0.1) is 12.3 Å². The molecule has 1 aliphatic rings. The van der Waals surface area contributed by atoms with Crippen LogP contribution in [-0.4, -0.2) is 36.5 Å². The maximum absolute atomic E-state index is 12.0. The summed E-state index contributed by atoms with van der Waals surface area (Å²) in [5.74, 6) is 3.33. The zero-order valence-corrected chi connectivity index (χ0v) is 11.0. The van der Waals surface area contributed by atoms with Crippen molar-refractivity contribution in [3.05, 3.63) is 0 Å². The third-order valence-electron chi connectivity index (χ3n) is 3.28. The summed E-state index contributed by atoms with van der Waals surface area (Å²) in [6.07, 6.45) is 8.67. The second kappa shape index (κ2) is 7.34. The molecule has 0 spiro atoms. The lowest BCUT2D eigenvalue weighted by molar-refractivity contribution is -0.133. The minimum absolute atomic E-state index is 0.198. The van der Waals surface area contributed by atoms with E-state index in [-0.39, 0.29) is 11.9 Å². The molecule has 0 saturated carbocycles. The monoisotopic (exact) mass is 236 g/mol. The molecule has 3 heteroatoms. The molecule has 3 nitrogen and oxygen atoms in total. The number of rotatable bonds is 5. The first-order valence-electron chi connectivity index (χ1n) is 6.58. The number of nitrogens with zero attached hydrogens (tertiary/aromatic N) is 1. The minimum Gasteiger partial charge on any atom is -0.340 e. The van der Waals surface area contributed by atoms with E-state index in [9.17, 15) is 4.79 Å². The highest BCUT2D eigenvalue weighted by Crippen LogP contribution is 2.14. The van der Waals surface area contributed by atoms with Gasteiger partial charge in [-0.1, -0.05) is 0 Å². The average molecular weight is 236 g/mol. The van der Waals surface area contributed by atoms with Gasteiger partial charge in [-0.2, -0.15) is 0 Å². The molecule has 1 amide bonds. The van der Waals surface area contributed by atoms with E-state index in [0.29, 0.717) is 18.8 Å². The van der Waals surface area contributed by atoms with Gasteiger partial charge in [0, 0.05) is 25.4 Å². The van der Waals surface area contributed by atoms with E-state index >= 15 is 0 Å². The Morgan fingerprint density at radius 3 is 2.88 bits per heavy atom. The molecular weight excluding hydrogens is 212 g/mol. The maximum atomic E-state index is 12.0. The molecule has 0 aromatic carbocycles. The van der Waals surface area contributed by atoms with Crippen LogP contribution in [0.5, 0.6) is 0 Å². The third-order valence-corrected chi connectivity index (χ3v) is 3.28. The van der Waals surface area contributed by atoms with E-state index in [1.165, 1.54) is 12.8 Å². The Labute approximate surface area is 105 Å². The first-order valence-corrected chi connectivity index (χ1v) is 6.58. The van der Waals surface area contributed by atoms with Gasteiger partial charge < -0.3 is 10.2 Å². The van der Waals surface area contributed by atoms with Crippen molar-refractivity contribution in [2.45, 2.75) is 45.6 Å². The summed E-state index contributed by atoms with van der Waals surface area (Å²) < 4.78 is 0. The highest BCUT2D eigenvalue weighted by Gasteiger charge is 2.22. The van der Waals surface area contributed by atoms with Crippen LogP contribution in [0.25, 0.3) is 0 Å². The molecule has 1 unspecified atom stereocenters. The molecule has 1 heterocycles. The molecule has 1 rings (SSSR count). The fourth-order valence-corrected chi connectivity index (χ4v) is 2.28. The summed E-state index contributed by atoms with van der Waals surface area (Å²) in [4.78, 5) is 14.0. The molecule has 0 aliphatic carbocycles. The SMILES string of the molecule is C#CCCC(=O)N(CC1CCCNC1)C(C)C. The number of piperidine rings is 1. The molecule has 1 saturated heterocycles. The molecule has 0 bridgehead atoms. The lowest BCUT2D eigenvalue weighted by atomic mass is 9.98. The van der Waals surface area contributed by atoms with Gasteiger partial charge in [-0.25, -0.2) is 0 Å². The van der Waals surface area contributed by atoms with Crippen molar-refractivity contribution in [3.63, 3.8) is 0 Å². The van der Waals surface area contributed by atoms with Crippen molar-refractivity contribution in [2.75, 3.05) is 19.6 Å². The van der Waals surface area contributed by atoms with E-state index < -0.39 is 0 Å². The Hall–Kier alpha value is -1.01. The van der Waals surface area contributed by atoms with Crippen LogP contribution < -0.4 is 5.32 Å². The Morgan fingerprint density at radius 2 is 2.35 bits per heavy atom. The predicted molar refractivity (Wildman–Crippen MR) is 70.5 cm³/mol. The lowest BCUT2D eigenvalue weighted by Crippen LogP contribution is -2.44. The number of carbonyl (C=O) groups is 1. The molecular formula is C14H24N2O. The van der Waals surface area contributed by atoms with Gasteiger partial charge in [0.15, 0.2) is 0 Å².